The van der Waals surface area contributed by atoms with Gasteiger partial charge in [0, 0.05) is 24.0 Å². The van der Waals surface area contributed by atoms with Gasteiger partial charge in [-0.3, -0.25) is 9.59 Å². The number of nitrogens with one attached hydrogen (secondary N) is 1. The molecule has 0 bridgehead atoms. The molecule has 0 aliphatic rings. The molecule has 1 rings (SSSR count). The monoisotopic (exact) mass is 296 g/mol. The average Bonchev–Trinajstić information content (AvgIpc) is 2.34. The van der Waals surface area contributed by atoms with Gasteiger partial charge in [0.25, 0.3) is 0 Å². The Hall–Kier alpha value is -1.55. The van der Waals surface area contributed by atoms with Gasteiger partial charge in [0.1, 0.15) is 0 Å². The molecule has 110 valence electrons. The van der Waals surface area contributed by atoms with Crippen LogP contribution in [0.1, 0.15) is 26.3 Å². The smallest absolute Gasteiger partial charge is 0.242 e. The SMILES string of the molecule is CN(Cc1cccc(Cl)c1)C(=O)CNC(=O)C(C)(C)C. The summed E-state index contributed by atoms with van der Waals surface area (Å²) in [6.07, 6.45) is 0. The minimum Gasteiger partial charge on any atom is -0.347 e. The predicted molar refractivity (Wildman–Crippen MR) is 80.4 cm³/mol. The van der Waals surface area contributed by atoms with E-state index in [2.05, 4.69) is 5.32 Å². The number of hydrogen-bond donors (Lipinski definition) is 1. The van der Waals surface area contributed by atoms with Gasteiger partial charge in [0.05, 0.1) is 6.54 Å². The van der Waals surface area contributed by atoms with Gasteiger partial charge in [-0.1, -0.05) is 44.5 Å². The summed E-state index contributed by atoms with van der Waals surface area (Å²) in [4.78, 5) is 25.2. The van der Waals surface area contributed by atoms with Gasteiger partial charge in [0.15, 0.2) is 0 Å². The van der Waals surface area contributed by atoms with Crippen molar-refractivity contribution in [3.8, 4) is 0 Å². The summed E-state index contributed by atoms with van der Waals surface area (Å²) in [6.45, 7) is 5.89. The molecule has 20 heavy (non-hydrogen) atoms. The summed E-state index contributed by atoms with van der Waals surface area (Å²) in [5.74, 6) is -0.274. The summed E-state index contributed by atoms with van der Waals surface area (Å²) >= 11 is 5.90. The molecule has 0 unspecified atom stereocenters. The Morgan fingerprint density at radius 2 is 1.95 bits per heavy atom. The first-order chi connectivity index (χ1) is 9.20. The molecular formula is C15H21ClN2O2. The number of amides is 2. The van der Waals surface area contributed by atoms with Crippen molar-refractivity contribution in [1.82, 2.24) is 10.2 Å². The van der Waals surface area contributed by atoms with Crippen molar-refractivity contribution in [1.29, 1.82) is 0 Å². The minimum atomic E-state index is -0.494. The number of halogens is 1. The lowest BCUT2D eigenvalue weighted by atomic mass is 9.96. The van der Waals surface area contributed by atoms with Crippen LogP contribution in [-0.4, -0.2) is 30.3 Å². The van der Waals surface area contributed by atoms with Crippen LogP contribution < -0.4 is 5.32 Å². The maximum absolute atomic E-state index is 11.9. The molecule has 1 aromatic rings. The number of hydrogen-bond acceptors (Lipinski definition) is 2. The Labute approximate surface area is 125 Å². The van der Waals surface area contributed by atoms with Crippen molar-refractivity contribution in [2.75, 3.05) is 13.6 Å². The lowest BCUT2D eigenvalue weighted by Gasteiger charge is -2.21. The van der Waals surface area contributed by atoms with E-state index in [1.807, 2.05) is 39.0 Å². The number of carbonyl (C=O) groups is 2. The largest absolute Gasteiger partial charge is 0.347 e. The summed E-state index contributed by atoms with van der Waals surface area (Å²) in [5.41, 5.74) is 0.460. The summed E-state index contributed by atoms with van der Waals surface area (Å²) < 4.78 is 0. The van der Waals surface area contributed by atoms with Crippen LogP contribution in [0.2, 0.25) is 5.02 Å². The van der Waals surface area contributed by atoms with Crippen LogP contribution in [0, 0.1) is 5.41 Å². The van der Waals surface area contributed by atoms with E-state index in [-0.39, 0.29) is 18.4 Å². The summed E-state index contributed by atoms with van der Waals surface area (Å²) in [6, 6.07) is 7.36. The highest BCUT2D eigenvalue weighted by atomic mass is 35.5. The molecule has 0 heterocycles. The van der Waals surface area contributed by atoms with E-state index in [0.717, 1.165) is 5.56 Å². The lowest BCUT2D eigenvalue weighted by Crippen LogP contribution is -2.42. The Balaban J connectivity index is 2.50. The lowest BCUT2D eigenvalue weighted by molar-refractivity contribution is -0.134. The summed E-state index contributed by atoms with van der Waals surface area (Å²) in [5, 5.41) is 3.29. The molecule has 0 radical (unpaired) electrons. The third-order valence-corrected chi connectivity index (χ3v) is 3.05. The van der Waals surface area contributed by atoms with Crippen LogP contribution in [0.3, 0.4) is 0 Å². The molecule has 0 atom stereocenters. The second kappa shape index (κ2) is 6.75. The van der Waals surface area contributed by atoms with E-state index in [4.69, 9.17) is 11.6 Å². The normalized spacial score (nSPS) is 11.1. The fraction of sp³-hybridized carbons (Fsp3) is 0.467. The third kappa shape index (κ3) is 5.21. The Morgan fingerprint density at radius 1 is 1.30 bits per heavy atom. The maximum Gasteiger partial charge on any atom is 0.242 e. The van der Waals surface area contributed by atoms with Gasteiger partial charge in [-0.25, -0.2) is 0 Å². The molecule has 0 spiro atoms. The van der Waals surface area contributed by atoms with Gasteiger partial charge < -0.3 is 10.2 Å². The first kappa shape index (κ1) is 16.5. The van der Waals surface area contributed by atoms with Crippen LogP contribution in [0.15, 0.2) is 24.3 Å². The van der Waals surface area contributed by atoms with Gasteiger partial charge >= 0.3 is 0 Å². The molecule has 1 aromatic carbocycles. The first-order valence-electron chi connectivity index (χ1n) is 6.47. The van der Waals surface area contributed by atoms with Crippen LogP contribution in [0.5, 0.6) is 0 Å². The van der Waals surface area contributed by atoms with E-state index < -0.39 is 5.41 Å². The highest BCUT2D eigenvalue weighted by Gasteiger charge is 2.22. The second-order valence-electron chi connectivity index (χ2n) is 5.81. The zero-order valence-corrected chi connectivity index (χ0v) is 13.1. The van der Waals surface area contributed by atoms with Crippen molar-refractivity contribution in [2.24, 2.45) is 5.41 Å². The fourth-order valence-corrected chi connectivity index (χ4v) is 1.77. The Morgan fingerprint density at radius 3 is 2.50 bits per heavy atom. The van der Waals surface area contributed by atoms with E-state index >= 15 is 0 Å². The van der Waals surface area contributed by atoms with Crippen molar-refractivity contribution in [2.45, 2.75) is 27.3 Å². The molecule has 0 saturated carbocycles. The van der Waals surface area contributed by atoms with E-state index in [0.29, 0.717) is 11.6 Å². The molecular weight excluding hydrogens is 276 g/mol. The number of carbonyl (C=O) groups excluding carboxylic acids is 2. The van der Waals surface area contributed by atoms with Crippen molar-refractivity contribution < 1.29 is 9.59 Å². The number of nitrogens with zero attached hydrogens (tertiary/aromatic N) is 1. The predicted octanol–water partition coefficient (Wildman–Crippen LogP) is 2.46. The van der Waals surface area contributed by atoms with Gasteiger partial charge in [0.2, 0.25) is 11.8 Å². The number of benzene rings is 1. The van der Waals surface area contributed by atoms with Gasteiger partial charge in [-0.2, -0.15) is 0 Å². The zero-order valence-electron chi connectivity index (χ0n) is 12.4. The Bertz CT molecular complexity index is 495. The quantitative estimate of drug-likeness (QED) is 0.928. The fourth-order valence-electron chi connectivity index (χ4n) is 1.55. The molecule has 0 aliphatic carbocycles. The maximum atomic E-state index is 11.9. The highest BCUT2D eigenvalue weighted by molar-refractivity contribution is 6.30. The standard InChI is InChI=1S/C15H21ClN2O2/c1-15(2,3)14(20)17-9-13(19)18(4)10-11-6-5-7-12(16)8-11/h5-8H,9-10H2,1-4H3,(H,17,20). The molecule has 2 amide bonds. The third-order valence-electron chi connectivity index (χ3n) is 2.82. The number of rotatable bonds is 4. The molecule has 1 N–H and O–H groups in total. The molecule has 0 aliphatic heterocycles. The molecule has 0 fully saturated rings. The molecule has 5 heteroatoms. The van der Waals surface area contributed by atoms with Crippen molar-refractivity contribution in [3.63, 3.8) is 0 Å². The van der Waals surface area contributed by atoms with Gasteiger partial charge in [-0.15, -0.1) is 0 Å². The first-order valence-corrected chi connectivity index (χ1v) is 6.84. The minimum absolute atomic E-state index is 0.00711. The van der Waals surface area contributed by atoms with E-state index in [1.165, 1.54) is 0 Å². The van der Waals surface area contributed by atoms with Crippen LogP contribution >= 0.6 is 11.6 Å². The van der Waals surface area contributed by atoms with E-state index in [9.17, 15) is 9.59 Å². The number of likely N-dealkylation sites (N-methyl/N-ethyl adjacent to an activating group) is 1. The van der Waals surface area contributed by atoms with E-state index in [1.54, 1.807) is 18.0 Å². The van der Waals surface area contributed by atoms with Crippen LogP contribution in [-0.2, 0) is 16.1 Å². The summed E-state index contributed by atoms with van der Waals surface area (Å²) in [7, 11) is 1.70. The highest BCUT2D eigenvalue weighted by Crippen LogP contribution is 2.13. The molecule has 0 saturated heterocycles. The molecule has 0 aromatic heterocycles. The Kier molecular flexibility index (Phi) is 5.57. The van der Waals surface area contributed by atoms with Crippen LogP contribution in [0.25, 0.3) is 0 Å². The van der Waals surface area contributed by atoms with Crippen LogP contribution in [0.4, 0.5) is 0 Å². The average molecular weight is 297 g/mol. The zero-order chi connectivity index (χ0) is 15.3. The second-order valence-corrected chi connectivity index (χ2v) is 6.25. The topological polar surface area (TPSA) is 49.4 Å². The van der Waals surface area contributed by atoms with Crippen molar-refractivity contribution in [3.05, 3.63) is 34.9 Å². The van der Waals surface area contributed by atoms with Crippen molar-refractivity contribution >= 4 is 23.4 Å². The molecule has 4 nitrogen and oxygen atoms in total. The van der Waals surface area contributed by atoms with Gasteiger partial charge in [-0.05, 0) is 17.7 Å².